The van der Waals surface area contributed by atoms with E-state index < -0.39 is 17.3 Å². The molecule has 5 rings (SSSR count). The number of halogens is 2. The molecule has 1 amide bonds. The van der Waals surface area contributed by atoms with Gasteiger partial charge in [-0.25, -0.2) is 8.78 Å². The zero-order valence-electron chi connectivity index (χ0n) is 16.8. The molecule has 31 heavy (non-hydrogen) atoms. The maximum absolute atomic E-state index is 14.3. The minimum absolute atomic E-state index is 0.202. The van der Waals surface area contributed by atoms with E-state index >= 15 is 0 Å². The van der Waals surface area contributed by atoms with Gasteiger partial charge in [0, 0.05) is 29.3 Å². The van der Waals surface area contributed by atoms with Gasteiger partial charge in [-0.3, -0.25) is 14.5 Å². The summed E-state index contributed by atoms with van der Waals surface area (Å²) in [6.07, 6.45) is 0. The average Bonchev–Trinajstić information content (AvgIpc) is 3.24. The van der Waals surface area contributed by atoms with Gasteiger partial charge in [0.1, 0.15) is 17.2 Å². The first kappa shape index (κ1) is 19.6. The predicted molar refractivity (Wildman–Crippen MR) is 113 cm³/mol. The van der Waals surface area contributed by atoms with Gasteiger partial charge in [-0.2, -0.15) is 0 Å². The molecule has 1 saturated heterocycles. The van der Waals surface area contributed by atoms with Crippen LogP contribution in [-0.4, -0.2) is 30.2 Å². The van der Waals surface area contributed by atoms with Gasteiger partial charge in [-0.15, -0.1) is 0 Å². The standard InChI is InChI=1S/C25H20F2N2O2/c1-29-14-19(15-7-9-17(26)10-8-15)22(23(30)16-5-3-2-4-6-16)25(29)20-13-18(27)11-12-21(20)28-24(25)31/h2-13,19,22H,14H2,1H3,(H,28,31)/t19-,22+,25-/m1/s1. The summed E-state index contributed by atoms with van der Waals surface area (Å²) in [5, 5.41) is 2.85. The van der Waals surface area contributed by atoms with Crippen LogP contribution in [0.2, 0.25) is 0 Å². The number of nitrogens with one attached hydrogen (secondary N) is 1. The highest BCUT2D eigenvalue weighted by Gasteiger charge is 2.64. The van der Waals surface area contributed by atoms with Crippen LogP contribution in [0.5, 0.6) is 0 Å². The maximum atomic E-state index is 14.3. The van der Waals surface area contributed by atoms with Crippen LogP contribution in [0, 0.1) is 17.6 Å². The van der Waals surface area contributed by atoms with Gasteiger partial charge in [0.05, 0.1) is 5.92 Å². The van der Waals surface area contributed by atoms with E-state index in [0.717, 1.165) is 5.56 Å². The molecule has 3 atom stereocenters. The van der Waals surface area contributed by atoms with E-state index in [9.17, 15) is 18.4 Å². The summed E-state index contributed by atoms with van der Waals surface area (Å²) >= 11 is 0. The Hall–Kier alpha value is -3.38. The van der Waals surface area contributed by atoms with Crippen molar-refractivity contribution in [2.45, 2.75) is 11.5 Å². The van der Waals surface area contributed by atoms with Crippen molar-refractivity contribution in [3.63, 3.8) is 0 Å². The number of nitrogens with zero attached hydrogens (tertiary/aromatic N) is 1. The second-order valence-electron chi connectivity index (χ2n) is 8.16. The zero-order chi connectivity index (χ0) is 21.8. The van der Waals surface area contributed by atoms with Crippen molar-refractivity contribution in [3.05, 3.63) is 101 Å². The molecule has 3 aromatic rings. The lowest BCUT2D eigenvalue weighted by Crippen LogP contribution is -2.51. The van der Waals surface area contributed by atoms with Crippen LogP contribution in [0.4, 0.5) is 14.5 Å². The fourth-order valence-electron chi connectivity index (χ4n) is 5.20. The Bertz CT molecular complexity index is 1180. The van der Waals surface area contributed by atoms with E-state index in [2.05, 4.69) is 5.32 Å². The number of ketones is 1. The number of likely N-dealkylation sites (N-methyl/N-ethyl adjacent to an activating group) is 1. The largest absolute Gasteiger partial charge is 0.324 e. The van der Waals surface area contributed by atoms with Crippen LogP contribution in [-0.2, 0) is 10.3 Å². The SMILES string of the molecule is CN1C[C@H](c2ccc(F)cc2)[C@@H](C(=O)c2ccccc2)[C@]12C(=O)Nc1ccc(F)cc12. The fourth-order valence-corrected chi connectivity index (χ4v) is 5.20. The van der Waals surface area contributed by atoms with Gasteiger partial charge in [0.2, 0.25) is 5.91 Å². The van der Waals surface area contributed by atoms with Crippen LogP contribution in [0.3, 0.4) is 0 Å². The molecule has 6 heteroatoms. The van der Waals surface area contributed by atoms with E-state index in [1.54, 1.807) is 43.4 Å². The van der Waals surface area contributed by atoms with Gasteiger partial charge >= 0.3 is 0 Å². The summed E-state index contributed by atoms with van der Waals surface area (Å²) in [5.74, 6) is -2.59. The van der Waals surface area contributed by atoms with Gasteiger partial charge < -0.3 is 5.32 Å². The number of carbonyl (C=O) groups is 2. The molecule has 0 unspecified atom stereocenters. The molecule has 0 bridgehead atoms. The van der Waals surface area contributed by atoms with E-state index in [0.29, 0.717) is 23.4 Å². The topological polar surface area (TPSA) is 49.4 Å². The molecule has 1 fully saturated rings. The molecule has 156 valence electrons. The third-order valence-corrected chi connectivity index (χ3v) is 6.55. The number of hydrogen-bond acceptors (Lipinski definition) is 3. The fraction of sp³-hybridized carbons (Fsp3) is 0.200. The Labute approximate surface area is 178 Å². The molecule has 0 aliphatic carbocycles. The van der Waals surface area contributed by atoms with Crippen LogP contribution in [0.25, 0.3) is 0 Å². The number of fused-ring (bicyclic) bond motifs is 2. The van der Waals surface area contributed by atoms with Crippen molar-refractivity contribution in [1.29, 1.82) is 0 Å². The molecule has 0 radical (unpaired) electrons. The van der Waals surface area contributed by atoms with Crippen molar-refractivity contribution in [2.24, 2.45) is 5.92 Å². The van der Waals surface area contributed by atoms with E-state index in [-0.39, 0.29) is 23.4 Å². The first-order chi connectivity index (χ1) is 14.9. The summed E-state index contributed by atoms with van der Waals surface area (Å²) in [4.78, 5) is 29.2. The number of amides is 1. The molecule has 1 N–H and O–H groups in total. The predicted octanol–water partition coefficient (Wildman–Crippen LogP) is 4.34. The molecule has 0 aromatic heterocycles. The van der Waals surface area contributed by atoms with Crippen molar-refractivity contribution < 1.29 is 18.4 Å². The average molecular weight is 418 g/mol. The number of rotatable bonds is 3. The maximum Gasteiger partial charge on any atom is 0.250 e. The normalized spacial score (nSPS) is 24.9. The number of hydrogen-bond donors (Lipinski definition) is 1. The van der Waals surface area contributed by atoms with Crippen LogP contribution in [0.15, 0.2) is 72.8 Å². The highest BCUT2D eigenvalue weighted by Crippen LogP contribution is 2.55. The third-order valence-electron chi connectivity index (χ3n) is 6.55. The lowest BCUT2D eigenvalue weighted by Gasteiger charge is -2.35. The number of carbonyl (C=O) groups excluding carboxylic acids is 2. The van der Waals surface area contributed by atoms with Crippen LogP contribution >= 0.6 is 0 Å². The number of Topliss-reactive ketones (excluding diaryl/α,β-unsaturated/α-hetero) is 1. The highest BCUT2D eigenvalue weighted by atomic mass is 19.1. The van der Waals surface area contributed by atoms with Crippen molar-refractivity contribution in [3.8, 4) is 0 Å². The molecule has 3 aromatic carbocycles. The lowest BCUT2D eigenvalue weighted by molar-refractivity contribution is -0.126. The molecule has 2 heterocycles. The Balaban J connectivity index is 1.74. The van der Waals surface area contributed by atoms with Crippen molar-refractivity contribution in [2.75, 3.05) is 18.9 Å². The van der Waals surface area contributed by atoms with Gasteiger partial charge in [0.25, 0.3) is 0 Å². The minimum atomic E-state index is -1.36. The Morgan fingerprint density at radius 1 is 1.00 bits per heavy atom. The summed E-state index contributed by atoms with van der Waals surface area (Å²) in [6, 6.07) is 19.0. The Morgan fingerprint density at radius 2 is 1.68 bits per heavy atom. The quantitative estimate of drug-likeness (QED) is 0.644. The van der Waals surface area contributed by atoms with Crippen molar-refractivity contribution in [1.82, 2.24) is 4.90 Å². The van der Waals surface area contributed by atoms with Crippen LogP contribution < -0.4 is 5.32 Å². The van der Waals surface area contributed by atoms with Crippen LogP contribution in [0.1, 0.15) is 27.4 Å². The van der Waals surface area contributed by atoms with Gasteiger partial charge in [-0.1, -0.05) is 42.5 Å². The summed E-state index contributed by atoms with van der Waals surface area (Å²) in [5.41, 5.74) is 0.843. The molecular formula is C25H20F2N2O2. The zero-order valence-corrected chi connectivity index (χ0v) is 16.8. The summed E-state index contributed by atoms with van der Waals surface area (Å²) in [6.45, 7) is 0.387. The Kier molecular flexibility index (Phi) is 4.48. The summed E-state index contributed by atoms with van der Waals surface area (Å²) in [7, 11) is 1.77. The van der Waals surface area contributed by atoms with E-state index in [1.807, 2.05) is 11.0 Å². The van der Waals surface area contributed by atoms with E-state index in [1.165, 1.54) is 30.3 Å². The van der Waals surface area contributed by atoms with E-state index in [4.69, 9.17) is 0 Å². The molecule has 2 aliphatic rings. The number of benzene rings is 3. The number of likely N-dealkylation sites (tertiary alicyclic amines) is 1. The van der Waals surface area contributed by atoms with Gasteiger partial charge in [-0.05, 0) is 42.9 Å². The second-order valence-corrected chi connectivity index (χ2v) is 8.16. The first-order valence-electron chi connectivity index (χ1n) is 10.1. The Morgan fingerprint density at radius 3 is 2.39 bits per heavy atom. The van der Waals surface area contributed by atoms with Crippen molar-refractivity contribution >= 4 is 17.4 Å². The molecule has 2 aliphatic heterocycles. The third kappa shape index (κ3) is 2.82. The minimum Gasteiger partial charge on any atom is -0.324 e. The molecule has 0 saturated carbocycles. The molecular weight excluding hydrogens is 398 g/mol. The second kappa shape index (κ2) is 7.10. The monoisotopic (exact) mass is 418 g/mol. The lowest BCUT2D eigenvalue weighted by atomic mass is 9.70. The summed E-state index contributed by atoms with van der Waals surface area (Å²) < 4.78 is 27.9. The number of anilines is 1. The first-order valence-corrected chi connectivity index (χ1v) is 10.1. The molecule has 1 spiro atoms. The highest BCUT2D eigenvalue weighted by molar-refractivity contribution is 6.12. The van der Waals surface area contributed by atoms with Gasteiger partial charge in [0.15, 0.2) is 5.78 Å². The molecule has 4 nitrogen and oxygen atoms in total. The smallest absolute Gasteiger partial charge is 0.250 e.